The Balaban J connectivity index is 1.05. The fourth-order valence-electron chi connectivity index (χ4n) is 5.04. The average Bonchev–Trinajstić information content (AvgIpc) is 3.20. The first kappa shape index (κ1) is 23.1. The van der Waals surface area contributed by atoms with Crippen molar-refractivity contribution in [1.29, 1.82) is 0 Å². The Labute approximate surface area is 206 Å². The third kappa shape index (κ3) is 4.80. The van der Waals surface area contributed by atoms with Crippen molar-refractivity contribution in [3.05, 3.63) is 83.4 Å². The molecule has 1 amide bonds. The number of piperazine rings is 1. The van der Waals surface area contributed by atoms with Gasteiger partial charge in [-0.2, -0.15) is 0 Å². The van der Waals surface area contributed by atoms with Crippen LogP contribution >= 0.6 is 0 Å². The summed E-state index contributed by atoms with van der Waals surface area (Å²) < 4.78 is 5.50. The number of para-hydroxylation sites is 2. The lowest BCUT2D eigenvalue weighted by atomic mass is 10.0. The van der Waals surface area contributed by atoms with Crippen LogP contribution in [0.15, 0.2) is 66.7 Å². The molecule has 1 N–H and O–H groups in total. The molecule has 1 aliphatic carbocycles. The normalized spacial score (nSPS) is 15.0. The molecule has 0 radical (unpaired) electrons. The van der Waals surface area contributed by atoms with Gasteiger partial charge in [-0.15, -0.1) is 0 Å². The first-order valence-electron chi connectivity index (χ1n) is 12.3. The molecule has 1 heterocycles. The Bertz CT molecular complexity index is 1230. The van der Waals surface area contributed by atoms with E-state index in [-0.39, 0.29) is 11.7 Å². The molecule has 35 heavy (non-hydrogen) atoms. The van der Waals surface area contributed by atoms with Crippen molar-refractivity contribution < 1.29 is 14.3 Å². The highest BCUT2D eigenvalue weighted by Gasteiger charge is 2.27. The number of carbonyl (C=O) groups excluding carboxylic acids is 2. The molecule has 180 valence electrons. The van der Waals surface area contributed by atoms with Gasteiger partial charge in [-0.25, -0.2) is 0 Å². The number of carbonyl (C=O) groups is 2. The van der Waals surface area contributed by atoms with Crippen molar-refractivity contribution in [2.75, 3.05) is 51.3 Å². The van der Waals surface area contributed by atoms with E-state index in [9.17, 15) is 9.59 Å². The number of rotatable bonds is 8. The Hall–Kier alpha value is -3.64. The van der Waals surface area contributed by atoms with E-state index in [1.165, 1.54) is 0 Å². The van der Waals surface area contributed by atoms with Gasteiger partial charge in [-0.3, -0.25) is 14.5 Å². The second kappa shape index (κ2) is 10.3. The number of hydrogen-bond donors (Lipinski definition) is 1. The predicted octanol–water partition coefficient (Wildman–Crippen LogP) is 4.24. The van der Waals surface area contributed by atoms with Crippen LogP contribution in [0, 0.1) is 0 Å². The second-order valence-corrected chi connectivity index (χ2v) is 9.10. The third-order valence-corrected chi connectivity index (χ3v) is 6.97. The zero-order chi connectivity index (χ0) is 24.2. The van der Waals surface area contributed by atoms with Gasteiger partial charge in [0.25, 0.3) is 5.91 Å². The summed E-state index contributed by atoms with van der Waals surface area (Å²) in [6.45, 7) is 5.68. The van der Waals surface area contributed by atoms with E-state index >= 15 is 0 Å². The molecule has 6 heteroatoms. The first-order chi connectivity index (χ1) is 17.2. The fourth-order valence-corrected chi connectivity index (χ4v) is 5.04. The molecule has 3 aromatic carbocycles. The van der Waals surface area contributed by atoms with E-state index in [4.69, 9.17) is 4.74 Å². The molecule has 0 saturated carbocycles. The molecule has 5 rings (SSSR count). The zero-order valence-electron chi connectivity index (χ0n) is 20.1. The molecule has 3 aromatic rings. The lowest BCUT2D eigenvalue weighted by molar-refractivity contribution is 0.0952. The lowest BCUT2D eigenvalue weighted by Crippen LogP contribution is -2.46. The number of anilines is 1. The van der Waals surface area contributed by atoms with Gasteiger partial charge in [0, 0.05) is 49.4 Å². The van der Waals surface area contributed by atoms with Gasteiger partial charge in [-0.1, -0.05) is 42.5 Å². The Kier molecular flexibility index (Phi) is 6.82. The van der Waals surface area contributed by atoms with Gasteiger partial charge in [-0.05, 0) is 54.8 Å². The summed E-state index contributed by atoms with van der Waals surface area (Å²) in [7, 11) is 1.72. The van der Waals surface area contributed by atoms with Gasteiger partial charge in [0.05, 0.1) is 12.8 Å². The molecule has 1 aliphatic heterocycles. The van der Waals surface area contributed by atoms with E-state index in [0.717, 1.165) is 68.1 Å². The number of hydrogen-bond acceptors (Lipinski definition) is 5. The highest BCUT2D eigenvalue weighted by atomic mass is 16.5. The number of methoxy groups -OCH3 is 1. The van der Waals surface area contributed by atoms with Gasteiger partial charge >= 0.3 is 0 Å². The molecule has 0 bridgehead atoms. The molecule has 1 saturated heterocycles. The van der Waals surface area contributed by atoms with Crippen LogP contribution in [0.1, 0.15) is 39.1 Å². The number of nitrogens with zero attached hydrogens (tertiary/aromatic N) is 2. The van der Waals surface area contributed by atoms with Crippen molar-refractivity contribution >= 4 is 17.4 Å². The number of fused-ring (bicyclic) bond motifs is 3. The number of ether oxygens (including phenoxy) is 1. The van der Waals surface area contributed by atoms with Crippen LogP contribution in [0.2, 0.25) is 0 Å². The largest absolute Gasteiger partial charge is 0.495 e. The highest BCUT2D eigenvalue weighted by molar-refractivity contribution is 6.22. The number of amides is 1. The summed E-state index contributed by atoms with van der Waals surface area (Å²) in [6.07, 6.45) is 1.96. The third-order valence-electron chi connectivity index (χ3n) is 6.97. The number of benzene rings is 3. The minimum Gasteiger partial charge on any atom is -0.495 e. The number of ketones is 1. The van der Waals surface area contributed by atoms with Crippen molar-refractivity contribution in [3.8, 4) is 16.9 Å². The molecule has 1 fully saturated rings. The van der Waals surface area contributed by atoms with Crippen LogP contribution in [0.5, 0.6) is 5.75 Å². The Morgan fingerprint density at radius 2 is 1.57 bits per heavy atom. The van der Waals surface area contributed by atoms with E-state index in [2.05, 4.69) is 27.2 Å². The molecule has 2 aliphatic rings. The SMILES string of the molecule is COc1ccccc1N1CCN(CCCCNC(=O)c2ccc3c(c2)C(=O)c2ccccc2-3)CC1. The molecule has 0 unspecified atom stereocenters. The average molecular weight is 470 g/mol. The van der Waals surface area contributed by atoms with Gasteiger partial charge in [0.15, 0.2) is 5.78 Å². The topological polar surface area (TPSA) is 61.9 Å². The Morgan fingerprint density at radius 3 is 2.37 bits per heavy atom. The monoisotopic (exact) mass is 469 g/mol. The van der Waals surface area contributed by atoms with Crippen molar-refractivity contribution in [2.45, 2.75) is 12.8 Å². The summed E-state index contributed by atoms with van der Waals surface area (Å²) >= 11 is 0. The van der Waals surface area contributed by atoms with Crippen LogP contribution in [-0.2, 0) is 0 Å². The van der Waals surface area contributed by atoms with E-state index < -0.39 is 0 Å². The molecule has 0 spiro atoms. The van der Waals surface area contributed by atoms with Crippen LogP contribution in [0.25, 0.3) is 11.1 Å². The standard InChI is InChI=1S/C29H31N3O3/c1-35-27-11-5-4-10-26(27)32-18-16-31(17-19-32)15-7-6-14-30-29(34)21-12-13-23-22-8-2-3-9-24(22)28(33)25(23)20-21/h2-5,8-13,20H,6-7,14-19H2,1H3,(H,30,34). The van der Waals surface area contributed by atoms with Gasteiger partial charge in [0.1, 0.15) is 5.75 Å². The van der Waals surface area contributed by atoms with Crippen LogP contribution in [-0.4, -0.2) is 63.0 Å². The molecule has 0 aromatic heterocycles. The predicted molar refractivity (Wildman–Crippen MR) is 139 cm³/mol. The molecular weight excluding hydrogens is 438 g/mol. The van der Waals surface area contributed by atoms with Gasteiger partial charge < -0.3 is 15.0 Å². The summed E-state index contributed by atoms with van der Waals surface area (Å²) in [5.41, 5.74) is 4.89. The molecule has 6 nitrogen and oxygen atoms in total. The van der Waals surface area contributed by atoms with E-state index in [0.29, 0.717) is 23.2 Å². The number of unbranched alkanes of at least 4 members (excludes halogenated alkanes) is 1. The van der Waals surface area contributed by atoms with Gasteiger partial charge in [0.2, 0.25) is 0 Å². The zero-order valence-corrected chi connectivity index (χ0v) is 20.1. The summed E-state index contributed by atoms with van der Waals surface area (Å²) in [5.74, 6) is 0.798. The summed E-state index contributed by atoms with van der Waals surface area (Å²) in [4.78, 5) is 30.2. The van der Waals surface area contributed by atoms with Crippen LogP contribution < -0.4 is 15.0 Å². The molecule has 0 atom stereocenters. The van der Waals surface area contributed by atoms with Crippen molar-refractivity contribution in [1.82, 2.24) is 10.2 Å². The minimum atomic E-state index is -0.123. The summed E-state index contributed by atoms with van der Waals surface area (Å²) in [5, 5.41) is 3.01. The maximum absolute atomic E-state index is 12.7. The summed E-state index contributed by atoms with van der Waals surface area (Å²) in [6, 6.07) is 21.2. The van der Waals surface area contributed by atoms with Crippen LogP contribution in [0.3, 0.4) is 0 Å². The number of nitrogens with one attached hydrogen (secondary N) is 1. The van der Waals surface area contributed by atoms with E-state index in [1.807, 2.05) is 48.5 Å². The lowest BCUT2D eigenvalue weighted by Gasteiger charge is -2.36. The minimum absolute atomic E-state index is 0.00365. The quantitative estimate of drug-likeness (QED) is 0.391. The Morgan fingerprint density at radius 1 is 0.857 bits per heavy atom. The van der Waals surface area contributed by atoms with E-state index in [1.54, 1.807) is 13.2 Å². The fraction of sp³-hybridized carbons (Fsp3) is 0.310. The van der Waals surface area contributed by atoms with Crippen LogP contribution in [0.4, 0.5) is 5.69 Å². The van der Waals surface area contributed by atoms with Crippen molar-refractivity contribution in [2.24, 2.45) is 0 Å². The maximum Gasteiger partial charge on any atom is 0.251 e. The first-order valence-corrected chi connectivity index (χ1v) is 12.3. The highest BCUT2D eigenvalue weighted by Crippen LogP contribution is 2.36. The van der Waals surface area contributed by atoms with Crippen molar-refractivity contribution in [3.63, 3.8) is 0 Å². The second-order valence-electron chi connectivity index (χ2n) is 9.10. The molecular formula is C29H31N3O3. The smallest absolute Gasteiger partial charge is 0.251 e. The maximum atomic E-state index is 12.7.